The Morgan fingerprint density at radius 1 is 1.69 bits per heavy atom. The monoisotopic (exact) mass is 199 g/mol. The Hall–Kier alpha value is -1.09. The Labute approximate surface area is 81.4 Å². The molecule has 70 valence electrons. The fourth-order valence-corrected chi connectivity index (χ4v) is 1.51. The van der Waals surface area contributed by atoms with Gasteiger partial charge in [0, 0.05) is 11.9 Å². The van der Waals surface area contributed by atoms with Crippen molar-refractivity contribution in [3.63, 3.8) is 0 Å². The third-order valence-corrected chi connectivity index (χ3v) is 2.22. The van der Waals surface area contributed by atoms with Gasteiger partial charge in [0.15, 0.2) is 0 Å². The quantitative estimate of drug-likeness (QED) is 0.795. The second kappa shape index (κ2) is 3.75. The van der Waals surface area contributed by atoms with Crippen LogP contribution in [0, 0.1) is 6.92 Å². The number of rotatable bonds is 2. The van der Waals surface area contributed by atoms with Crippen LogP contribution in [-0.4, -0.2) is 16.1 Å². The minimum Gasteiger partial charge on any atom is -0.478 e. The summed E-state index contributed by atoms with van der Waals surface area (Å²) in [5.41, 5.74) is 1.60. The first kappa shape index (κ1) is 9.99. The number of nitrogens with zero attached hydrogens (tertiary/aromatic N) is 1. The van der Waals surface area contributed by atoms with Gasteiger partial charge in [-0.3, -0.25) is 4.98 Å². The van der Waals surface area contributed by atoms with Crippen LogP contribution in [0.15, 0.2) is 6.20 Å². The lowest BCUT2D eigenvalue weighted by atomic mass is 10.1. The topological polar surface area (TPSA) is 50.2 Å². The third-order valence-electron chi connectivity index (χ3n) is 1.93. The molecule has 0 unspecified atom stereocenters. The highest BCUT2D eigenvalue weighted by molar-refractivity contribution is 6.33. The number of aromatic nitrogens is 1. The van der Waals surface area contributed by atoms with Crippen LogP contribution in [0.1, 0.15) is 28.5 Å². The third kappa shape index (κ3) is 1.80. The number of carbonyl (C=O) groups is 1. The van der Waals surface area contributed by atoms with E-state index in [9.17, 15) is 4.79 Å². The van der Waals surface area contributed by atoms with Gasteiger partial charge in [0.1, 0.15) is 0 Å². The van der Waals surface area contributed by atoms with Crippen molar-refractivity contribution in [3.8, 4) is 0 Å². The van der Waals surface area contributed by atoms with Crippen molar-refractivity contribution < 1.29 is 9.90 Å². The van der Waals surface area contributed by atoms with E-state index in [0.29, 0.717) is 12.0 Å². The molecule has 1 N–H and O–H groups in total. The first-order valence-electron chi connectivity index (χ1n) is 3.95. The molecule has 4 heteroatoms. The highest BCUT2D eigenvalue weighted by Gasteiger charge is 2.14. The lowest BCUT2D eigenvalue weighted by Gasteiger charge is -2.06. The summed E-state index contributed by atoms with van der Waals surface area (Å²) in [5.74, 6) is -1.00. The summed E-state index contributed by atoms with van der Waals surface area (Å²) in [7, 11) is 0. The summed E-state index contributed by atoms with van der Waals surface area (Å²) in [6.45, 7) is 3.65. The molecule has 0 radical (unpaired) electrons. The average Bonchev–Trinajstić information content (AvgIpc) is 2.04. The number of aryl methyl sites for hydroxylation is 1. The molecule has 1 rings (SSSR count). The van der Waals surface area contributed by atoms with Crippen molar-refractivity contribution in [2.45, 2.75) is 20.3 Å². The van der Waals surface area contributed by atoms with Crippen LogP contribution in [0.2, 0.25) is 5.02 Å². The van der Waals surface area contributed by atoms with Crippen LogP contribution < -0.4 is 0 Å². The number of halogens is 1. The van der Waals surface area contributed by atoms with E-state index in [0.717, 1.165) is 5.69 Å². The van der Waals surface area contributed by atoms with Gasteiger partial charge in [0.05, 0.1) is 10.6 Å². The minimum atomic E-state index is -1.00. The normalized spacial score (nSPS) is 10.1. The summed E-state index contributed by atoms with van der Waals surface area (Å²) in [6.07, 6.45) is 2.10. The molecule has 0 amide bonds. The maximum Gasteiger partial charge on any atom is 0.337 e. The largest absolute Gasteiger partial charge is 0.478 e. The maximum absolute atomic E-state index is 10.8. The zero-order valence-corrected chi connectivity index (χ0v) is 8.22. The fraction of sp³-hybridized carbons (Fsp3) is 0.333. The fourth-order valence-electron chi connectivity index (χ4n) is 1.24. The molecule has 0 atom stereocenters. The van der Waals surface area contributed by atoms with Gasteiger partial charge in [-0.1, -0.05) is 18.5 Å². The summed E-state index contributed by atoms with van der Waals surface area (Å²) in [6, 6.07) is 0. The molecule has 0 bridgehead atoms. The number of aromatic carboxylic acids is 1. The minimum absolute atomic E-state index is 0.161. The van der Waals surface area contributed by atoms with Crippen LogP contribution >= 0.6 is 11.6 Å². The maximum atomic E-state index is 10.8. The predicted octanol–water partition coefficient (Wildman–Crippen LogP) is 2.30. The second-order valence-electron chi connectivity index (χ2n) is 2.71. The first-order valence-corrected chi connectivity index (χ1v) is 4.33. The lowest BCUT2D eigenvalue weighted by molar-refractivity contribution is 0.0696. The average molecular weight is 200 g/mol. The number of carboxylic acid groups (broad SMARTS) is 1. The van der Waals surface area contributed by atoms with Crippen LogP contribution in [-0.2, 0) is 6.42 Å². The highest BCUT2D eigenvalue weighted by atomic mass is 35.5. The molecule has 0 saturated heterocycles. The van der Waals surface area contributed by atoms with Crippen molar-refractivity contribution >= 4 is 17.6 Å². The van der Waals surface area contributed by atoms with Gasteiger partial charge in [-0.15, -0.1) is 0 Å². The van der Waals surface area contributed by atoms with Gasteiger partial charge in [-0.2, -0.15) is 0 Å². The van der Waals surface area contributed by atoms with Crippen LogP contribution in [0.25, 0.3) is 0 Å². The smallest absolute Gasteiger partial charge is 0.337 e. The van der Waals surface area contributed by atoms with Gasteiger partial charge in [-0.05, 0) is 18.9 Å². The Morgan fingerprint density at radius 3 is 2.77 bits per heavy atom. The van der Waals surface area contributed by atoms with E-state index in [4.69, 9.17) is 16.7 Å². The Bertz CT molecular complexity index is 350. The zero-order chi connectivity index (χ0) is 10.0. The SMILES string of the molecule is CCc1ncc(Cl)c(C(=O)O)c1C. The van der Waals surface area contributed by atoms with Crippen molar-refractivity contribution in [1.29, 1.82) is 0 Å². The molecule has 1 aromatic rings. The summed E-state index contributed by atoms with van der Waals surface area (Å²) in [4.78, 5) is 14.8. The Balaban J connectivity index is 3.38. The van der Waals surface area contributed by atoms with E-state index in [1.54, 1.807) is 6.92 Å². The van der Waals surface area contributed by atoms with E-state index in [-0.39, 0.29) is 10.6 Å². The van der Waals surface area contributed by atoms with Gasteiger partial charge >= 0.3 is 5.97 Å². The molecule has 0 fully saturated rings. The van der Waals surface area contributed by atoms with Crippen molar-refractivity contribution in [2.24, 2.45) is 0 Å². The Morgan fingerprint density at radius 2 is 2.31 bits per heavy atom. The molecular weight excluding hydrogens is 190 g/mol. The lowest BCUT2D eigenvalue weighted by Crippen LogP contribution is -2.05. The zero-order valence-electron chi connectivity index (χ0n) is 7.47. The number of hydrogen-bond acceptors (Lipinski definition) is 2. The van der Waals surface area contributed by atoms with Crippen molar-refractivity contribution in [2.75, 3.05) is 0 Å². The molecule has 0 spiro atoms. The van der Waals surface area contributed by atoms with Gasteiger partial charge in [-0.25, -0.2) is 4.79 Å². The van der Waals surface area contributed by atoms with Gasteiger partial charge in [0.2, 0.25) is 0 Å². The molecule has 0 saturated carbocycles. The standard InChI is InChI=1S/C9H10ClNO2/c1-3-7-5(2)8(9(12)13)6(10)4-11-7/h4H,3H2,1-2H3,(H,12,13). The van der Waals surface area contributed by atoms with E-state index in [1.165, 1.54) is 6.20 Å². The van der Waals surface area contributed by atoms with E-state index in [1.807, 2.05) is 6.92 Å². The predicted molar refractivity (Wildman–Crippen MR) is 50.3 cm³/mol. The second-order valence-corrected chi connectivity index (χ2v) is 3.12. The molecule has 0 aromatic carbocycles. The molecule has 1 aromatic heterocycles. The van der Waals surface area contributed by atoms with Crippen molar-refractivity contribution in [1.82, 2.24) is 4.98 Å². The summed E-state index contributed by atoms with van der Waals surface area (Å²) < 4.78 is 0. The number of pyridine rings is 1. The molecule has 0 aliphatic heterocycles. The van der Waals surface area contributed by atoms with Gasteiger partial charge < -0.3 is 5.11 Å². The van der Waals surface area contributed by atoms with Crippen LogP contribution in [0.3, 0.4) is 0 Å². The molecule has 0 aliphatic rings. The highest BCUT2D eigenvalue weighted by Crippen LogP contribution is 2.21. The summed E-state index contributed by atoms with van der Waals surface area (Å²) >= 11 is 5.71. The van der Waals surface area contributed by atoms with E-state index < -0.39 is 5.97 Å². The molecule has 1 heterocycles. The van der Waals surface area contributed by atoms with Gasteiger partial charge in [0.25, 0.3) is 0 Å². The Kier molecular flexibility index (Phi) is 2.88. The van der Waals surface area contributed by atoms with E-state index in [2.05, 4.69) is 4.98 Å². The van der Waals surface area contributed by atoms with E-state index >= 15 is 0 Å². The molecule has 0 aliphatic carbocycles. The van der Waals surface area contributed by atoms with Crippen molar-refractivity contribution in [3.05, 3.63) is 28.0 Å². The number of hydrogen-bond donors (Lipinski definition) is 1. The molecule has 3 nitrogen and oxygen atoms in total. The number of carboxylic acids is 1. The first-order chi connectivity index (χ1) is 6.07. The summed E-state index contributed by atoms with van der Waals surface area (Å²) in [5, 5.41) is 9.05. The van der Waals surface area contributed by atoms with Crippen LogP contribution in [0.5, 0.6) is 0 Å². The molecule has 13 heavy (non-hydrogen) atoms. The van der Waals surface area contributed by atoms with Crippen LogP contribution in [0.4, 0.5) is 0 Å². The molecular formula is C9H10ClNO2.